The van der Waals surface area contributed by atoms with Crippen LogP contribution in [0.25, 0.3) is 11.0 Å². The van der Waals surface area contributed by atoms with Gasteiger partial charge in [0.15, 0.2) is 5.65 Å². The highest BCUT2D eigenvalue weighted by atomic mass is 79.9. The van der Waals surface area contributed by atoms with Crippen molar-refractivity contribution in [3.63, 3.8) is 0 Å². The number of rotatable bonds is 1. The minimum absolute atomic E-state index is 0.142. The van der Waals surface area contributed by atoms with Gasteiger partial charge in [-0.25, -0.2) is 9.97 Å². The Morgan fingerprint density at radius 3 is 2.93 bits per heavy atom. The second-order valence-corrected chi connectivity index (χ2v) is 3.90. The molecule has 5 heteroatoms. The Bertz CT molecular complexity index is 527. The molecule has 0 saturated carbocycles. The molecule has 0 radical (unpaired) electrons. The third kappa shape index (κ3) is 2.12. The molecule has 0 aliphatic rings. The van der Waals surface area contributed by atoms with Crippen LogP contribution in [0.5, 0.6) is 0 Å². The van der Waals surface area contributed by atoms with Crippen molar-refractivity contribution < 1.29 is 4.79 Å². The molecular formula is C10H8BrN3O. The summed E-state index contributed by atoms with van der Waals surface area (Å²) >= 11 is 3.40. The van der Waals surface area contributed by atoms with Gasteiger partial charge in [0.05, 0.1) is 0 Å². The van der Waals surface area contributed by atoms with Gasteiger partial charge in [-0.3, -0.25) is 4.79 Å². The largest absolute Gasteiger partial charge is 0.311 e. The SMILES string of the molecule is CC(=O)Nc1ccc2c(Br)ccnc2n1. The van der Waals surface area contributed by atoms with Gasteiger partial charge in [0.1, 0.15) is 5.82 Å². The Balaban J connectivity index is 2.52. The maximum Gasteiger partial charge on any atom is 0.222 e. The van der Waals surface area contributed by atoms with E-state index in [0.717, 1.165) is 9.86 Å². The summed E-state index contributed by atoms with van der Waals surface area (Å²) in [7, 11) is 0. The first-order chi connectivity index (χ1) is 7.16. The number of nitrogens with one attached hydrogen (secondary N) is 1. The van der Waals surface area contributed by atoms with E-state index in [-0.39, 0.29) is 5.91 Å². The fourth-order valence-electron chi connectivity index (χ4n) is 1.25. The summed E-state index contributed by atoms with van der Waals surface area (Å²) in [4.78, 5) is 19.2. The number of aromatic nitrogens is 2. The Morgan fingerprint density at radius 1 is 1.40 bits per heavy atom. The van der Waals surface area contributed by atoms with E-state index in [9.17, 15) is 4.79 Å². The molecule has 0 aliphatic carbocycles. The van der Waals surface area contributed by atoms with Crippen molar-refractivity contribution in [2.24, 2.45) is 0 Å². The van der Waals surface area contributed by atoms with E-state index in [2.05, 4.69) is 31.2 Å². The van der Waals surface area contributed by atoms with E-state index in [4.69, 9.17) is 0 Å². The van der Waals surface area contributed by atoms with Crippen LogP contribution in [-0.4, -0.2) is 15.9 Å². The van der Waals surface area contributed by atoms with Crippen LogP contribution < -0.4 is 5.32 Å². The number of hydrogen-bond acceptors (Lipinski definition) is 3. The first kappa shape index (κ1) is 10.0. The van der Waals surface area contributed by atoms with Crippen molar-refractivity contribution in [1.29, 1.82) is 0 Å². The lowest BCUT2D eigenvalue weighted by molar-refractivity contribution is -0.114. The maximum absolute atomic E-state index is 10.8. The maximum atomic E-state index is 10.8. The van der Waals surface area contributed by atoms with E-state index >= 15 is 0 Å². The van der Waals surface area contributed by atoms with Crippen molar-refractivity contribution in [2.45, 2.75) is 6.92 Å². The molecule has 0 unspecified atom stereocenters. The van der Waals surface area contributed by atoms with Crippen LogP contribution in [-0.2, 0) is 4.79 Å². The van der Waals surface area contributed by atoms with Crippen molar-refractivity contribution in [2.75, 3.05) is 5.32 Å². The molecule has 1 amide bonds. The molecular weight excluding hydrogens is 258 g/mol. The Labute approximate surface area is 94.9 Å². The highest BCUT2D eigenvalue weighted by Gasteiger charge is 2.02. The highest BCUT2D eigenvalue weighted by molar-refractivity contribution is 9.10. The standard InChI is InChI=1S/C10H8BrN3O/c1-6(15)13-9-3-2-7-8(11)4-5-12-10(7)14-9/h2-5H,1H3,(H,12,13,14,15). The van der Waals surface area contributed by atoms with Crippen molar-refractivity contribution in [1.82, 2.24) is 9.97 Å². The average Bonchev–Trinajstić information content (AvgIpc) is 2.17. The summed E-state index contributed by atoms with van der Waals surface area (Å²) in [6.07, 6.45) is 1.66. The predicted molar refractivity (Wildman–Crippen MR) is 61.5 cm³/mol. The molecule has 2 aromatic rings. The van der Waals surface area contributed by atoms with Gasteiger partial charge in [0.2, 0.25) is 5.91 Å². The first-order valence-corrected chi connectivity index (χ1v) is 5.15. The van der Waals surface area contributed by atoms with E-state index < -0.39 is 0 Å². The molecule has 0 aliphatic heterocycles. The smallest absolute Gasteiger partial charge is 0.222 e. The quantitative estimate of drug-likeness (QED) is 0.861. The van der Waals surface area contributed by atoms with Gasteiger partial charge < -0.3 is 5.32 Å². The van der Waals surface area contributed by atoms with Crippen LogP contribution in [0.1, 0.15) is 6.92 Å². The van der Waals surface area contributed by atoms with Crippen molar-refractivity contribution >= 4 is 38.7 Å². The van der Waals surface area contributed by atoms with Gasteiger partial charge in [0, 0.05) is 23.0 Å². The van der Waals surface area contributed by atoms with Crippen LogP contribution in [0.15, 0.2) is 28.9 Å². The molecule has 0 bridgehead atoms. The molecule has 4 nitrogen and oxygen atoms in total. The monoisotopic (exact) mass is 265 g/mol. The van der Waals surface area contributed by atoms with Crippen LogP contribution in [0, 0.1) is 0 Å². The van der Waals surface area contributed by atoms with E-state index in [1.807, 2.05) is 12.1 Å². The molecule has 0 saturated heterocycles. The third-order valence-electron chi connectivity index (χ3n) is 1.85. The second kappa shape index (κ2) is 3.94. The summed E-state index contributed by atoms with van der Waals surface area (Å²) < 4.78 is 0.939. The number of carbonyl (C=O) groups excluding carboxylic acids is 1. The highest BCUT2D eigenvalue weighted by Crippen LogP contribution is 2.21. The van der Waals surface area contributed by atoms with Crippen molar-refractivity contribution in [3.05, 3.63) is 28.9 Å². The number of carbonyl (C=O) groups is 1. The molecule has 0 atom stereocenters. The lowest BCUT2D eigenvalue weighted by Gasteiger charge is -2.03. The number of fused-ring (bicyclic) bond motifs is 1. The van der Waals surface area contributed by atoms with Crippen LogP contribution in [0.2, 0.25) is 0 Å². The molecule has 0 spiro atoms. The number of halogens is 1. The fourth-order valence-corrected chi connectivity index (χ4v) is 1.67. The average molecular weight is 266 g/mol. The van der Waals surface area contributed by atoms with Crippen LogP contribution in [0.4, 0.5) is 5.82 Å². The summed E-state index contributed by atoms with van der Waals surface area (Å²) in [5.41, 5.74) is 0.607. The van der Waals surface area contributed by atoms with Crippen LogP contribution in [0.3, 0.4) is 0 Å². The normalized spacial score (nSPS) is 10.3. The molecule has 2 aromatic heterocycles. The fraction of sp³-hybridized carbons (Fsp3) is 0.100. The van der Waals surface area contributed by atoms with E-state index in [1.165, 1.54) is 6.92 Å². The van der Waals surface area contributed by atoms with Gasteiger partial charge >= 0.3 is 0 Å². The lowest BCUT2D eigenvalue weighted by atomic mass is 10.3. The Hall–Kier alpha value is -1.49. The summed E-state index contributed by atoms with van der Waals surface area (Å²) in [6.45, 7) is 1.44. The minimum atomic E-state index is -0.142. The van der Waals surface area contributed by atoms with E-state index in [0.29, 0.717) is 11.5 Å². The van der Waals surface area contributed by atoms with Gasteiger partial charge in [-0.05, 0) is 34.1 Å². The summed E-state index contributed by atoms with van der Waals surface area (Å²) in [5, 5.41) is 3.53. The Kier molecular flexibility index (Phi) is 2.64. The third-order valence-corrected chi connectivity index (χ3v) is 2.55. The molecule has 2 heterocycles. The number of nitrogens with zero attached hydrogens (tertiary/aromatic N) is 2. The second-order valence-electron chi connectivity index (χ2n) is 3.04. The Morgan fingerprint density at radius 2 is 2.20 bits per heavy atom. The van der Waals surface area contributed by atoms with Gasteiger partial charge in [0.25, 0.3) is 0 Å². The first-order valence-electron chi connectivity index (χ1n) is 4.35. The lowest BCUT2D eigenvalue weighted by Crippen LogP contribution is -2.07. The zero-order chi connectivity index (χ0) is 10.8. The number of anilines is 1. The molecule has 76 valence electrons. The molecule has 0 fully saturated rings. The summed E-state index contributed by atoms with van der Waals surface area (Å²) in [6, 6.07) is 5.46. The van der Waals surface area contributed by atoms with Gasteiger partial charge in [-0.2, -0.15) is 0 Å². The summed E-state index contributed by atoms with van der Waals surface area (Å²) in [5.74, 6) is 0.373. The van der Waals surface area contributed by atoms with Gasteiger partial charge in [-0.1, -0.05) is 0 Å². The zero-order valence-electron chi connectivity index (χ0n) is 7.99. The number of amides is 1. The molecule has 1 N–H and O–H groups in total. The topological polar surface area (TPSA) is 54.9 Å². The zero-order valence-corrected chi connectivity index (χ0v) is 9.58. The van der Waals surface area contributed by atoms with Gasteiger partial charge in [-0.15, -0.1) is 0 Å². The molecule has 0 aromatic carbocycles. The van der Waals surface area contributed by atoms with Crippen LogP contribution >= 0.6 is 15.9 Å². The molecule has 15 heavy (non-hydrogen) atoms. The van der Waals surface area contributed by atoms with E-state index in [1.54, 1.807) is 12.3 Å². The molecule has 2 rings (SSSR count). The number of pyridine rings is 2. The predicted octanol–water partition coefficient (Wildman–Crippen LogP) is 2.35. The number of hydrogen-bond donors (Lipinski definition) is 1. The minimum Gasteiger partial charge on any atom is -0.311 e. The van der Waals surface area contributed by atoms with Crippen molar-refractivity contribution in [3.8, 4) is 0 Å².